The van der Waals surface area contributed by atoms with Gasteiger partial charge in [0.05, 0.1) is 0 Å². The first-order valence-corrected chi connectivity index (χ1v) is 10.1. The Morgan fingerprint density at radius 1 is 1.24 bits per heavy atom. The van der Waals surface area contributed by atoms with Crippen molar-refractivity contribution in [2.75, 3.05) is 13.1 Å². The standard InChI is InChI=1S/C22H23ClFN3O2/c1-14(28)27-10-8-22(9-11-27)25-19(15-2-5-17(24)6-3-15)13-20(26-22)18-12-16(23)4-7-21(18)29/h2-7,12,20,26,29H,8-11,13H2,1H3/t20-/m0/s1. The fourth-order valence-corrected chi connectivity index (χ4v) is 4.35. The van der Waals surface area contributed by atoms with Crippen molar-refractivity contribution in [3.63, 3.8) is 0 Å². The van der Waals surface area contributed by atoms with Crippen LogP contribution in [0.5, 0.6) is 5.75 Å². The first-order chi connectivity index (χ1) is 13.8. The molecule has 1 amide bonds. The van der Waals surface area contributed by atoms with E-state index in [2.05, 4.69) is 5.32 Å². The molecule has 2 aromatic rings. The zero-order valence-corrected chi connectivity index (χ0v) is 16.9. The van der Waals surface area contributed by atoms with Crippen molar-refractivity contribution in [3.05, 3.63) is 64.4 Å². The number of phenols is 1. The molecule has 1 spiro atoms. The highest BCUT2D eigenvalue weighted by Crippen LogP contribution is 2.38. The number of phenolic OH excluding ortho intramolecular Hbond substituents is 1. The lowest BCUT2D eigenvalue weighted by atomic mass is 9.87. The van der Waals surface area contributed by atoms with E-state index in [1.807, 2.05) is 4.90 Å². The highest BCUT2D eigenvalue weighted by atomic mass is 35.5. The van der Waals surface area contributed by atoms with Gasteiger partial charge in [0.1, 0.15) is 17.2 Å². The van der Waals surface area contributed by atoms with Gasteiger partial charge in [0.25, 0.3) is 0 Å². The van der Waals surface area contributed by atoms with Crippen LogP contribution in [0.4, 0.5) is 4.39 Å². The lowest BCUT2D eigenvalue weighted by Crippen LogP contribution is -2.56. The molecule has 1 atom stereocenters. The van der Waals surface area contributed by atoms with Crippen molar-refractivity contribution >= 4 is 23.2 Å². The lowest BCUT2D eigenvalue weighted by Gasteiger charge is -2.45. The predicted octanol–water partition coefficient (Wildman–Crippen LogP) is 4.05. The van der Waals surface area contributed by atoms with Gasteiger partial charge in [0, 0.05) is 61.6 Å². The molecule has 1 saturated heterocycles. The van der Waals surface area contributed by atoms with Crippen LogP contribution in [0.25, 0.3) is 0 Å². The van der Waals surface area contributed by atoms with Gasteiger partial charge in [-0.15, -0.1) is 0 Å². The highest BCUT2D eigenvalue weighted by Gasteiger charge is 2.41. The second kappa shape index (κ2) is 7.76. The number of nitrogens with zero attached hydrogens (tertiary/aromatic N) is 2. The van der Waals surface area contributed by atoms with Crippen molar-refractivity contribution in [3.8, 4) is 5.75 Å². The van der Waals surface area contributed by atoms with Gasteiger partial charge in [-0.1, -0.05) is 23.7 Å². The molecule has 0 bridgehead atoms. The van der Waals surface area contributed by atoms with Crippen LogP contribution in [-0.4, -0.2) is 40.4 Å². The molecule has 0 unspecified atom stereocenters. The largest absolute Gasteiger partial charge is 0.508 e. The summed E-state index contributed by atoms with van der Waals surface area (Å²) in [5.41, 5.74) is 1.87. The zero-order valence-electron chi connectivity index (χ0n) is 16.2. The summed E-state index contributed by atoms with van der Waals surface area (Å²) >= 11 is 6.18. The van der Waals surface area contributed by atoms with Crippen LogP contribution in [0.15, 0.2) is 47.5 Å². The van der Waals surface area contributed by atoms with Crippen molar-refractivity contribution in [2.45, 2.75) is 37.9 Å². The number of hydrogen-bond donors (Lipinski definition) is 2. The Morgan fingerprint density at radius 2 is 1.93 bits per heavy atom. The number of carbonyl (C=O) groups excluding carboxylic acids is 1. The lowest BCUT2D eigenvalue weighted by molar-refractivity contribution is -0.130. The third-order valence-corrected chi connectivity index (χ3v) is 6.00. The first kappa shape index (κ1) is 19.9. The van der Waals surface area contributed by atoms with Crippen LogP contribution in [-0.2, 0) is 4.79 Å². The van der Waals surface area contributed by atoms with Crippen LogP contribution < -0.4 is 5.32 Å². The van der Waals surface area contributed by atoms with Crippen LogP contribution >= 0.6 is 11.6 Å². The fourth-order valence-electron chi connectivity index (χ4n) is 4.17. The number of halogens is 2. The molecule has 2 heterocycles. The summed E-state index contributed by atoms with van der Waals surface area (Å²) in [5, 5.41) is 14.6. The number of amides is 1. The van der Waals surface area contributed by atoms with E-state index in [-0.39, 0.29) is 23.5 Å². The van der Waals surface area contributed by atoms with E-state index in [0.29, 0.717) is 42.9 Å². The molecule has 2 aliphatic rings. The number of carbonyl (C=O) groups is 1. The molecule has 2 aromatic carbocycles. The van der Waals surface area contributed by atoms with E-state index in [4.69, 9.17) is 16.6 Å². The summed E-state index contributed by atoms with van der Waals surface area (Å²) in [5.74, 6) is -0.0668. The van der Waals surface area contributed by atoms with Crippen molar-refractivity contribution < 1.29 is 14.3 Å². The number of nitrogens with one attached hydrogen (secondary N) is 1. The van der Waals surface area contributed by atoms with Gasteiger partial charge in [0.2, 0.25) is 5.91 Å². The number of rotatable bonds is 2. The van der Waals surface area contributed by atoms with Crippen LogP contribution in [0.2, 0.25) is 5.02 Å². The maximum atomic E-state index is 13.4. The number of piperidine rings is 1. The van der Waals surface area contributed by atoms with Gasteiger partial charge >= 0.3 is 0 Å². The Kier molecular flexibility index (Phi) is 5.32. The number of benzene rings is 2. The molecular formula is C22H23ClFN3O2. The Bertz CT molecular complexity index is 953. The molecule has 0 aliphatic carbocycles. The van der Waals surface area contributed by atoms with Gasteiger partial charge in [-0.3, -0.25) is 15.1 Å². The second-order valence-electron chi connectivity index (χ2n) is 7.71. The Hall–Kier alpha value is -2.44. The summed E-state index contributed by atoms with van der Waals surface area (Å²) in [6.45, 7) is 2.79. The minimum absolute atomic E-state index is 0.0578. The summed E-state index contributed by atoms with van der Waals surface area (Å²) in [7, 11) is 0. The molecule has 29 heavy (non-hydrogen) atoms. The second-order valence-corrected chi connectivity index (χ2v) is 8.14. The smallest absolute Gasteiger partial charge is 0.219 e. The van der Waals surface area contributed by atoms with Crippen molar-refractivity contribution in [1.82, 2.24) is 10.2 Å². The number of hydrogen-bond acceptors (Lipinski definition) is 4. The third-order valence-electron chi connectivity index (χ3n) is 5.77. The number of likely N-dealkylation sites (tertiary alicyclic amines) is 1. The minimum Gasteiger partial charge on any atom is -0.508 e. The van der Waals surface area contributed by atoms with Gasteiger partial charge in [-0.2, -0.15) is 0 Å². The van der Waals surface area contributed by atoms with Gasteiger partial charge in [0.15, 0.2) is 0 Å². The zero-order chi connectivity index (χ0) is 20.6. The van der Waals surface area contributed by atoms with Gasteiger partial charge in [-0.25, -0.2) is 4.39 Å². The van der Waals surface area contributed by atoms with E-state index in [1.165, 1.54) is 12.1 Å². The van der Waals surface area contributed by atoms with E-state index in [1.54, 1.807) is 37.3 Å². The quantitative estimate of drug-likeness (QED) is 0.777. The first-order valence-electron chi connectivity index (χ1n) is 9.71. The van der Waals surface area contributed by atoms with E-state index < -0.39 is 5.66 Å². The molecule has 5 nitrogen and oxygen atoms in total. The molecule has 7 heteroatoms. The van der Waals surface area contributed by atoms with Crippen LogP contribution in [0.3, 0.4) is 0 Å². The molecule has 2 N–H and O–H groups in total. The molecule has 0 radical (unpaired) electrons. The SMILES string of the molecule is CC(=O)N1CCC2(CC1)N=C(c1ccc(F)cc1)C[C@@H](c1cc(Cl)ccc1O)N2. The van der Waals surface area contributed by atoms with Gasteiger partial charge < -0.3 is 10.0 Å². The van der Waals surface area contributed by atoms with Crippen LogP contribution in [0.1, 0.15) is 43.4 Å². The summed E-state index contributed by atoms with van der Waals surface area (Å²) in [6.07, 6.45) is 1.86. The van der Waals surface area contributed by atoms with E-state index in [9.17, 15) is 14.3 Å². The van der Waals surface area contributed by atoms with Gasteiger partial charge in [-0.05, 0) is 35.9 Å². The third kappa shape index (κ3) is 4.14. The Labute approximate surface area is 174 Å². The van der Waals surface area contributed by atoms with Crippen molar-refractivity contribution in [1.29, 1.82) is 0 Å². The van der Waals surface area contributed by atoms with Crippen LogP contribution in [0, 0.1) is 5.82 Å². The average Bonchev–Trinajstić information content (AvgIpc) is 2.70. The highest BCUT2D eigenvalue weighted by molar-refractivity contribution is 6.30. The summed E-state index contributed by atoms with van der Waals surface area (Å²) in [4.78, 5) is 18.6. The molecule has 1 fully saturated rings. The van der Waals surface area contributed by atoms with E-state index in [0.717, 1.165) is 11.3 Å². The minimum atomic E-state index is -0.548. The number of aliphatic imine (C=N–C) groups is 1. The van der Waals surface area contributed by atoms with Crippen molar-refractivity contribution in [2.24, 2.45) is 4.99 Å². The molecule has 4 rings (SSSR count). The summed E-state index contributed by atoms with van der Waals surface area (Å²) < 4.78 is 13.4. The molecule has 2 aliphatic heterocycles. The summed E-state index contributed by atoms with van der Waals surface area (Å²) in [6, 6.07) is 11.1. The van der Waals surface area contributed by atoms with E-state index >= 15 is 0 Å². The predicted molar refractivity (Wildman–Crippen MR) is 111 cm³/mol. The Morgan fingerprint density at radius 3 is 2.59 bits per heavy atom. The Balaban J connectivity index is 1.71. The average molecular weight is 416 g/mol. The normalized spacial score (nSPS) is 21.1. The molecule has 0 saturated carbocycles. The number of aromatic hydroxyl groups is 1. The molecule has 0 aromatic heterocycles. The molecule has 152 valence electrons. The maximum absolute atomic E-state index is 13.4. The topological polar surface area (TPSA) is 64.9 Å². The maximum Gasteiger partial charge on any atom is 0.219 e. The molecular weight excluding hydrogens is 393 g/mol. The monoisotopic (exact) mass is 415 g/mol. The fraction of sp³-hybridized carbons (Fsp3) is 0.364.